The summed E-state index contributed by atoms with van der Waals surface area (Å²) in [5.41, 5.74) is 6.69. The molecule has 0 radical (unpaired) electrons. The first kappa shape index (κ1) is 24.3. The normalized spacial score (nSPS) is 12.4. The highest BCUT2D eigenvalue weighted by Crippen LogP contribution is 2.38. The quantitative estimate of drug-likeness (QED) is 0.417. The van der Waals surface area contributed by atoms with Crippen molar-refractivity contribution in [3.8, 4) is 11.5 Å². The van der Waals surface area contributed by atoms with Gasteiger partial charge in [0.05, 0.1) is 0 Å². The van der Waals surface area contributed by atoms with Crippen molar-refractivity contribution < 1.29 is 10.2 Å². The molecule has 0 fully saturated rings. The fourth-order valence-electron chi connectivity index (χ4n) is 4.07. The number of hydrogen-bond donors (Lipinski definition) is 2. The monoisotopic (exact) mass is 410 g/mol. The summed E-state index contributed by atoms with van der Waals surface area (Å²) < 4.78 is 0. The average Bonchev–Trinajstić information content (AvgIpc) is 2.69. The van der Waals surface area contributed by atoms with Gasteiger partial charge in [-0.05, 0) is 85.5 Å². The van der Waals surface area contributed by atoms with Gasteiger partial charge < -0.3 is 10.2 Å². The first-order chi connectivity index (χ1) is 13.9. The molecule has 0 aliphatic carbocycles. The van der Waals surface area contributed by atoms with Crippen molar-refractivity contribution in [2.45, 2.75) is 105 Å². The first-order valence-corrected chi connectivity index (χ1v) is 11.6. The number of phenolic OH excluding ortho intramolecular Hbond substituents is 2. The summed E-state index contributed by atoms with van der Waals surface area (Å²) in [6, 6.07) is 8.69. The predicted octanol–water partition coefficient (Wildman–Crippen LogP) is 7.66. The maximum Gasteiger partial charge on any atom is 0.122 e. The molecule has 0 bridgehead atoms. The number of aryl methyl sites for hydroxylation is 4. The lowest BCUT2D eigenvalue weighted by Crippen LogP contribution is -2.16. The predicted molar refractivity (Wildman–Crippen MR) is 129 cm³/mol. The van der Waals surface area contributed by atoms with Gasteiger partial charge >= 0.3 is 0 Å². The van der Waals surface area contributed by atoms with Gasteiger partial charge in [-0.3, -0.25) is 0 Å². The van der Waals surface area contributed by atoms with Crippen molar-refractivity contribution in [1.29, 1.82) is 0 Å². The number of rotatable bonds is 9. The van der Waals surface area contributed by atoms with Crippen molar-refractivity contribution in [3.63, 3.8) is 0 Å². The van der Waals surface area contributed by atoms with Crippen LogP contribution in [-0.2, 0) is 23.7 Å². The van der Waals surface area contributed by atoms with Gasteiger partial charge in [0.15, 0.2) is 0 Å². The molecule has 0 heterocycles. The third-order valence-corrected chi connectivity index (χ3v) is 7.13. The van der Waals surface area contributed by atoms with Crippen LogP contribution in [0, 0.1) is 13.8 Å². The van der Waals surface area contributed by atoms with Crippen molar-refractivity contribution >= 4 is 0 Å². The topological polar surface area (TPSA) is 40.5 Å². The lowest BCUT2D eigenvalue weighted by molar-refractivity contribution is 0.424. The molecule has 0 saturated heterocycles. The molecule has 0 atom stereocenters. The second-order valence-corrected chi connectivity index (χ2v) is 10.3. The van der Waals surface area contributed by atoms with E-state index in [-0.39, 0.29) is 10.8 Å². The largest absolute Gasteiger partial charge is 0.507 e. The number of hydrogen-bond acceptors (Lipinski definition) is 2. The van der Waals surface area contributed by atoms with Crippen LogP contribution in [0.2, 0.25) is 0 Å². The Bertz CT molecular complexity index is 801. The third kappa shape index (κ3) is 5.39. The Morgan fingerprint density at radius 3 is 1.27 bits per heavy atom. The van der Waals surface area contributed by atoms with E-state index in [0.29, 0.717) is 11.5 Å². The molecule has 2 heteroatoms. The fourth-order valence-corrected chi connectivity index (χ4v) is 4.07. The van der Waals surface area contributed by atoms with Gasteiger partial charge in [0.2, 0.25) is 0 Å². The Morgan fingerprint density at radius 1 is 0.633 bits per heavy atom. The summed E-state index contributed by atoms with van der Waals surface area (Å²) in [6.45, 7) is 17.2. The Morgan fingerprint density at radius 2 is 0.967 bits per heavy atom. The highest BCUT2D eigenvalue weighted by atomic mass is 16.3. The van der Waals surface area contributed by atoms with Crippen LogP contribution in [0.1, 0.15) is 101 Å². The maximum atomic E-state index is 10.5. The van der Waals surface area contributed by atoms with E-state index in [0.717, 1.165) is 60.8 Å². The summed E-state index contributed by atoms with van der Waals surface area (Å²) in [4.78, 5) is 0. The molecule has 0 saturated carbocycles. The number of benzene rings is 2. The Kier molecular flexibility index (Phi) is 7.66. The minimum Gasteiger partial charge on any atom is -0.507 e. The van der Waals surface area contributed by atoms with E-state index in [2.05, 4.69) is 65.8 Å². The average molecular weight is 411 g/mol. The van der Waals surface area contributed by atoms with Crippen LogP contribution < -0.4 is 0 Å². The standard InChI is InChI=1S/C28H42O2/c1-9-27(5,6)23-17-21(15-19(3)25(23)29)13-11-12-14-22-16-20(4)26(30)24(18-22)28(7,8)10-2/h15-18,29-30H,9-14H2,1-8H3. The van der Waals surface area contributed by atoms with E-state index in [1.807, 2.05) is 13.8 Å². The van der Waals surface area contributed by atoms with Crippen molar-refractivity contribution in [2.24, 2.45) is 0 Å². The van der Waals surface area contributed by atoms with Crippen molar-refractivity contribution in [1.82, 2.24) is 0 Å². The molecule has 2 rings (SSSR count). The molecule has 0 aliphatic rings. The lowest BCUT2D eigenvalue weighted by Gasteiger charge is -2.26. The first-order valence-electron chi connectivity index (χ1n) is 11.6. The van der Waals surface area contributed by atoms with E-state index in [1.54, 1.807) is 0 Å². The van der Waals surface area contributed by atoms with Crippen LogP contribution in [0.4, 0.5) is 0 Å². The number of unbranched alkanes of at least 4 members (excludes halogenated alkanes) is 1. The van der Waals surface area contributed by atoms with Crippen LogP contribution in [0.3, 0.4) is 0 Å². The molecule has 166 valence electrons. The van der Waals surface area contributed by atoms with Crippen LogP contribution in [0.5, 0.6) is 11.5 Å². The summed E-state index contributed by atoms with van der Waals surface area (Å²) in [6.07, 6.45) is 6.28. The molecule has 0 aromatic heterocycles. The molecule has 2 aromatic rings. The van der Waals surface area contributed by atoms with Gasteiger partial charge in [0.25, 0.3) is 0 Å². The highest BCUT2D eigenvalue weighted by molar-refractivity contribution is 5.47. The van der Waals surface area contributed by atoms with Gasteiger partial charge in [0, 0.05) is 11.1 Å². The minimum absolute atomic E-state index is 0.0170. The second kappa shape index (κ2) is 9.45. The van der Waals surface area contributed by atoms with E-state index in [1.165, 1.54) is 11.1 Å². The van der Waals surface area contributed by atoms with Gasteiger partial charge in [-0.1, -0.05) is 65.8 Å². The molecule has 0 aliphatic heterocycles. The number of phenols is 2. The Hall–Kier alpha value is -1.96. The zero-order chi connectivity index (χ0) is 22.7. The summed E-state index contributed by atoms with van der Waals surface area (Å²) in [5, 5.41) is 21.1. The third-order valence-electron chi connectivity index (χ3n) is 7.13. The molecule has 0 amide bonds. The second-order valence-electron chi connectivity index (χ2n) is 10.3. The molecule has 2 nitrogen and oxygen atoms in total. The van der Waals surface area contributed by atoms with Crippen LogP contribution in [0.15, 0.2) is 24.3 Å². The van der Waals surface area contributed by atoms with E-state index >= 15 is 0 Å². The van der Waals surface area contributed by atoms with Crippen LogP contribution in [-0.4, -0.2) is 10.2 Å². The molecular formula is C28H42O2. The zero-order valence-electron chi connectivity index (χ0n) is 20.4. The maximum absolute atomic E-state index is 10.5. The summed E-state index contributed by atoms with van der Waals surface area (Å²) >= 11 is 0. The van der Waals surface area contributed by atoms with Gasteiger partial charge in [0.1, 0.15) is 11.5 Å². The van der Waals surface area contributed by atoms with Gasteiger partial charge in [-0.2, -0.15) is 0 Å². The number of aromatic hydroxyl groups is 2. The fraction of sp³-hybridized carbons (Fsp3) is 0.571. The highest BCUT2D eigenvalue weighted by Gasteiger charge is 2.24. The van der Waals surface area contributed by atoms with E-state index < -0.39 is 0 Å². The molecule has 30 heavy (non-hydrogen) atoms. The van der Waals surface area contributed by atoms with E-state index in [9.17, 15) is 10.2 Å². The minimum atomic E-state index is -0.0170. The molecule has 2 N–H and O–H groups in total. The lowest BCUT2D eigenvalue weighted by atomic mass is 9.79. The van der Waals surface area contributed by atoms with Crippen molar-refractivity contribution in [2.75, 3.05) is 0 Å². The Balaban J connectivity index is 2.09. The Labute approximate surface area is 184 Å². The van der Waals surface area contributed by atoms with Gasteiger partial charge in [-0.25, -0.2) is 0 Å². The summed E-state index contributed by atoms with van der Waals surface area (Å²) in [7, 11) is 0. The van der Waals surface area contributed by atoms with Gasteiger partial charge in [-0.15, -0.1) is 0 Å². The molecule has 0 spiro atoms. The molecular weight excluding hydrogens is 368 g/mol. The van der Waals surface area contributed by atoms with Crippen molar-refractivity contribution in [3.05, 3.63) is 57.6 Å². The molecule has 0 unspecified atom stereocenters. The van der Waals surface area contributed by atoms with Crippen LogP contribution in [0.25, 0.3) is 0 Å². The van der Waals surface area contributed by atoms with E-state index in [4.69, 9.17) is 0 Å². The zero-order valence-corrected chi connectivity index (χ0v) is 20.4. The summed E-state index contributed by atoms with van der Waals surface area (Å²) in [5.74, 6) is 0.910. The smallest absolute Gasteiger partial charge is 0.122 e. The molecule has 2 aromatic carbocycles. The SMILES string of the molecule is CCC(C)(C)c1cc(CCCCc2cc(C)c(O)c(C(C)(C)CC)c2)cc(C)c1O. The van der Waals surface area contributed by atoms with Crippen LogP contribution >= 0.6 is 0 Å².